The van der Waals surface area contributed by atoms with Gasteiger partial charge in [-0.25, -0.2) is 17.9 Å². The first kappa shape index (κ1) is 21.9. The molecule has 9 heteroatoms. The summed E-state index contributed by atoms with van der Waals surface area (Å²) in [6, 6.07) is 14.2. The zero-order valence-electron chi connectivity index (χ0n) is 16.5. The third kappa shape index (κ3) is 5.88. The largest absolute Gasteiger partial charge is 0.449 e. The molecule has 1 fully saturated rings. The lowest BCUT2D eigenvalue weighted by Gasteiger charge is -2.14. The van der Waals surface area contributed by atoms with Crippen molar-refractivity contribution in [2.45, 2.75) is 36.9 Å². The van der Waals surface area contributed by atoms with E-state index in [0.717, 1.165) is 12.8 Å². The minimum absolute atomic E-state index is 0.0342. The van der Waals surface area contributed by atoms with E-state index in [2.05, 4.69) is 10.0 Å². The maximum atomic E-state index is 12.4. The van der Waals surface area contributed by atoms with E-state index in [4.69, 9.17) is 9.47 Å². The van der Waals surface area contributed by atoms with Crippen molar-refractivity contribution in [3.63, 3.8) is 0 Å². The maximum absolute atomic E-state index is 12.4. The first-order chi connectivity index (χ1) is 14.3. The first-order valence-corrected chi connectivity index (χ1v) is 11.1. The summed E-state index contributed by atoms with van der Waals surface area (Å²) < 4.78 is 37.9. The normalized spacial score (nSPS) is 17.3. The van der Waals surface area contributed by atoms with Crippen LogP contribution in [-0.4, -0.2) is 45.7 Å². The van der Waals surface area contributed by atoms with Gasteiger partial charge in [0.15, 0.2) is 6.10 Å². The lowest BCUT2D eigenvalue weighted by Crippen LogP contribution is -2.32. The number of anilines is 1. The van der Waals surface area contributed by atoms with Gasteiger partial charge < -0.3 is 14.8 Å². The molecule has 2 atom stereocenters. The number of benzene rings is 2. The molecule has 1 heterocycles. The third-order valence-electron chi connectivity index (χ3n) is 4.62. The van der Waals surface area contributed by atoms with E-state index in [9.17, 15) is 18.0 Å². The molecule has 2 aromatic carbocycles. The molecule has 1 aliphatic heterocycles. The van der Waals surface area contributed by atoms with Crippen LogP contribution in [-0.2, 0) is 24.3 Å². The topological polar surface area (TPSA) is 111 Å². The fraction of sp³-hybridized carbons (Fsp3) is 0.333. The molecule has 30 heavy (non-hydrogen) atoms. The van der Waals surface area contributed by atoms with Gasteiger partial charge in [0.1, 0.15) is 0 Å². The molecule has 160 valence electrons. The summed E-state index contributed by atoms with van der Waals surface area (Å²) in [6.45, 7) is 2.31. The molecule has 8 nitrogen and oxygen atoms in total. The van der Waals surface area contributed by atoms with Crippen molar-refractivity contribution < 1.29 is 27.5 Å². The van der Waals surface area contributed by atoms with Gasteiger partial charge in [-0.3, -0.25) is 4.79 Å². The van der Waals surface area contributed by atoms with Crippen LogP contribution in [0.3, 0.4) is 0 Å². The minimum atomic E-state index is -3.71. The fourth-order valence-corrected chi connectivity index (χ4v) is 3.98. The average molecular weight is 432 g/mol. The first-order valence-electron chi connectivity index (χ1n) is 9.63. The molecule has 1 amide bonds. The quantitative estimate of drug-likeness (QED) is 0.620. The number of hydrogen-bond donors (Lipinski definition) is 2. The zero-order valence-corrected chi connectivity index (χ0v) is 17.4. The van der Waals surface area contributed by atoms with Gasteiger partial charge in [-0.05, 0) is 56.2 Å². The standard InChI is InChI=1S/C21H24N2O6S/c1-15(20(24)23-17-6-3-2-4-7-17)29-21(25)16-9-11-19(12-10-16)30(26,27)22-14-18-8-5-13-28-18/h2-4,6-7,9-12,15,18,22H,5,8,13-14H2,1H3,(H,23,24)/t15-,18-/m0/s1. The summed E-state index contributed by atoms with van der Waals surface area (Å²) in [4.78, 5) is 24.5. The molecule has 0 aliphatic carbocycles. The molecule has 0 spiro atoms. The summed E-state index contributed by atoms with van der Waals surface area (Å²) in [7, 11) is -3.71. The van der Waals surface area contributed by atoms with Crippen molar-refractivity contribution in [1.82, 2.24) is 4.72 Å². The summed E-state index contributed by atoms with van der Waals surface area (Å²) in [5.74, 6) is -1.19. The highest BCUT2D eigenvalue weighted by Gasteiger charge is 2.22. The van der Waals surface area contributed by atoms with E-state index < -0.39 is 28.0 Å². The maximum Gasteiger partial charge on any atom is 0.338 e. The molecule has 0 bridgehead atoms. The number of rotatable bonds is 8. The van der Waals surface area contributed by atoms with Crippen LogP contribution >= 0.6 is 0 Å². The Bertz CT molecular complexity index is 970. The Kier molecular flexibility index (Phi) is 7.20. The molecule has 1 aliphatic rings. The van der Waals surface area contributed by atoms with Gasteiger partial charge in [-0.2, -0.15) is 0 Å². The van der Waals surface area contributed by atoms with Crippen molar-refractivity contribution in [1.29, 1.82) is 0 Å². The van der Waals surface area contributed by atoms with Gasteiger partial charge in [-0.1, -0.05) is 18.2 Å². The number of carbonyl (C=O) groups excluding carboxylic acids is 2. The Balaban J connectivity index is 1.55. The number of ether oxygens (including phenoxy) is 2. The highest BCUT2D eigenvalue weighted by Crippen LogP contribution is 2.15. The fourth-order valence-electron chi connectivity index (χ4n) is 2.91. The SMILES string of the molecule is C[C@H](OC(=O)c1ccc(S(=O)(=O)NC[C@@H]2CCCO2)cc1)C(=O)Nc1ccccc1. The lowest BCUT2D eigenvalue weighted by molar-refractivity contribution is -0.123. The van der Waals surface area contributed by atoms with Crippen LogP contribution in [0.5, 0.6) is 0 Å². The predicted molar refractivity (Wildman–Crippen MR) is 111 cm³/mol. The smallest absolute Gasteiger partial charge is 0.338 e. The molecule has 0 unspecified atom stereocenters. The van der Waals surface area contributed by atoms with Crippen molar-refractivity contribution in [2.24, 2.45) is 0 Å². The summed E-state index contributed by atoms with van der Waals surface area (Å²) in [6.07, 6.45) is 0.612. The van der Waals surface area contributed by atoms with Gasteiger partial charge in [0.2, 0.25) is 10.0 Å². The third-order valence-corrected chi connectivity index (χ3v) is 6.06. The highest BCUT2D eigenvalue weighted by atomic mass is 32.2. The molecular weight excluding hydrogens is 408 g/mol. The van der Waals surface area contributed by atoms with E-state index in [1.165, 1.54) is 31.2 Å². The average Bonchev–Trinajstić information content (AvgIpc) is 3.27. The number of amides is 1. The second-order valence-electron chi connectivity index (χ2n) is 6.91. The van der Waals surface area contributed by atoms with Crippen LogP contribution in [0.2, 0.25) is 0 Å². The molecule has 0 aromatic heterocycles. The van der Waals surface area contributed by atoms with E-state index in [0.29, 0.717) is 12.3 Å². The Hall–Kier alpha value is -2.75. The lowest BCUT2D eigenvalue weighted by atomic mass is 10.2. The van der Waals surface area contributed by atoms with Gasteiger partial charge >= 0.3 is 5.97 Å². The molecule has 2 N–H and O–H groups in total. The second kappa shape index (κ2) is 9.84. The van der Waals surface area contributed by atoms with Crippen molar-refractivity contribution >= 4 is 27.6 Å². The Morgan fingerprint density at radius 1 is 1.13 bits per heavy atom. The number of para-hydroxylation sites is 1. The van der Waals surface area contributed by atoms with Gasteiger partial charge in [-0.15, -0.1) is 0 Å². The number of hydrogen-bond acceptors (Lipinski definition) is 6. The minimum Gasteiger partial charge on any atom is -0.449 e. The van der Waals surface area contributed by atoms with Gasteiger partial charge in [0.25, 0.3) is 5.91 Å². The van der Waals surface area contributed by atoms with E-state index in [-0.39, 0.29) is 23.1 Å². The second-order valence-corrected chi connectivity index (χ2v) is 8.68. The Morgan fingerprint density at radius 2 is 1.83 bits per heavy atom. The monoisotopic (exact) mass is 432 g/mol. The van der Waals surface area contributed by atoms with Crippen LogP contribution in [0.25, 0.3) is 0 Å². The van der Waals surface area contributed by atoms with Crippen LogP contribution < -0.4 is 10.0 Å². The summed E-state index contributed by atoms with van der Waals surface area (Å²) in [5.41, 5.74) is 0.739. The van der Waals surface area contributed by atoms with Gasteiger partial charge in [0, 0.05) is 18.8 Å². The zero-order chi connectivity index (χ0) is 21.6. The van der Waals surface area contributed by atoms with Crippen LogP contribution in [0.1, 0.15) is 30.1 Å². The number of carbonyl (C=O) groups is 2. The predicted octanol–water partition coefficient (Wildman–Crippen LogP) is 2.33. The number of nitrogens with one attached hydrogen (secondary N) is 2. The van der Waals surface area contributed by atoms with E-state index in [1.54, 1.807) is 24.3 Å². The summed E-state index contributed by atoms with van der Waals surface area (Å²) in [5, 5.41) is 2.65. The molecule has 0 saturated carbocycles. The van der Waals surface area contributed by atoms with Crippen molar-refractivity contribution in [2.75, 3.05) is 18.5 Å². The Morgan fingerprint density at radius 3 is 2.47 bits per heavy atom. The molecular formula is C21H24N2O6S. The molecule has 3 rings (SSSR count). The molecule has 0 radical (unpaired) electrons. The van der Waals surface area contributed by atoms with Crippen molar-refractivity contribution in [3.8, 4) is 0 Å². The molecule has 1 saturated heterocycles. The van der Waals surface area contributed by atoms with Crippen LogP contribution in [0, 0.1) is 0 Å². The van der Waals surface area contributed by atoms with E-state index in [1.807, 2.05) is 6.07 Å². The van der Waals surface area contributed by atoms with Gasteiger partial charge in [0.05, 0.1) is 16.6 Å². The van der Waals surface area contributed by atoms with Crippen molar-refractivity contribution in [3.05, 3.63) is 60.2 Å². The van der Waals surface area contributed by atoms with Crippen LogP contribution in [0.4, 0.5) is 5.69 Å². The van der Waals surface area contributed by atoms with Crippen LogP contribution in [0.15, 0.2) is 59.5 Å². The number of esters is 1. The highest BCUT2D eigenvalue weighted by molar-refractivity contribution is 7.89. The number of sulfonamides is 1. The summed E-state index contributed by atoms with van der Waals surface area (Å²) >= 11 is 0. The molecule has 2 aromatic rings. The Labute approximate surface area is 175 Å². The van der Waals surface area contributed by atoms with E-state index >= 15 is 0 Å².